The molecule has 2 N–H and O–H groups in total. The number of hydrogen-bond acceptors (Lipinski definition) is 5. The molecule has 1 fully saturated rings. The highest BCUT2D eigenvalue weighted by molar-refractivity contribution is 5.83. The van der Waals surface area contributed by atoms with Crippen LogP contribution in [0.1, 0.15) is 38.5 Å². The van der Waals surface area contributed by atoms with Crippen molar-refractivity contribution in [1.29, 1.82) is 0 Å². The molecule has 110 valence electrons. The van der Waals surface area contributed by atoms with Crippen LogP contribution in [0, 0.1) is 10.1 Å². The standard InChI is InChI=1S/C12H18N4O4/c1-15-8-9(16(19)20)10(14-15)13-12(11(17)18)6-4-2-3-5-7-12/h8H,2-7H2,1H3,(H,13,14)(H,17,18). The lowest BCUT2D eigenvalue weighted by Gasteiger charge is -2.28. The van der Waals surface area contributed by atoms with Crippen LogP contribution in [0.5, 0.6) is 0 Å². The maximum Gasteiger partial charge on any atom is 0.330 e. The quantitative estimate of drug-likeness (QED) is 0.496. The summed E-state index contributed by atoms with van der Waals surface area (Å²) >= 11 is 0. The van der Waals surface area contributed by atoms with Crippen LogP contribution in [-0.2, 0) is 11.8 Å². The van der Waals surface area contributed by atoms with E-state index in [4.69, 9.17) is 0 Å². The van der Waals surface area contributed by atoms with Crippen LogP contribution in [0.15, 0.2) is 6.20 Å². The molecule has 1 aromatic heterocycles. The third-order valence-corrected chi connectivity index (χ3v) is 3.73. The van der Waals surface area contributed by atoms with E-state index in [2.05, 4.69) is 10.4 Å². The van der Waals surface area contributed by atoms with E-state index < -0.39 is 16.4 Å². The molecule has 0 amide bonds. The van der Waals surface area contributed by atoms with E-state index in [1.807, 2.05) is 0 Å². The van der Waals surface area contributed by atoms with Gasteiger partial charge in [-0.1, -0.05) is 25.7 Å². The van der Waals surface area contributed by atoms with Gasteiger partial charge < -0.3 is 10.4 Å². The number of anilines is 1. The molecule has 1 aliphatic carbocycles. The molecule has 1 aromatic rings. The molecule has 1 heterocycles. The molecule has 20 heavy (non-hydrogen) atoms. The van der Waals surface area contributed by atoms with Gasteiger partial charge in [0, 0.05) is 7.05 Å². The van der Waals surface area contributed by atoms with Gasteiger partial charge in [-0.15, -0.1) is 5.10 Å². The van der Waals surface area contributed by atoms with E-state index in [-0.39, 0.29) is 11.5 Å². The lowest BCUT2D eigenvalue weighted by Crippen LogP contribution is -2.46. The highest BCUT2D eigenvalue weighted by Gasteiger charge is 2.40. The van der Waals surface area contributed by atoms with Gasteiger partial charge in [-0.2, -0.15) is 0 Å². The van der Waals surface area contributed by atoms with Gasteiger partial charge in [0.2, 0.25) is 5.82 Å². The molecular weight excluding hydrogens is 264 g/mol. The Morgan fingerprint density at radius 2 is 2.05 bits per heavy atom. The Morgan fingerprint density at radius 1 is 1.45 bits per heavy atom. The summed E-state index contributed by atoms with van der Waals surface area (Å²) in [4.78, 5) is 22.1. The number of rotatable bonds is 4. The summed E-state index contributed by atoms with van der Waals surface area (Å²) in [5.41, 5.74) is -1.35. The molecule has 1 aliphatic rings. The Morgan fingerprint density at radius 3 is 2.55 bits per heavy atom. The Bertz CT molecular complexity index is 518. The SMILES string of the molecule is Cn1cc([N+](=O)[O-])c(NC2(C(=O)O)CCCCCC2)n1. The van der Waals surface area contributed by atoms with Gasteiger partial charge in [0.25, 0.3) is 0 Å². The summed E-state index contributed by atoms with van der Waals surface area (Å²) in [6.45, 7) is 0. The molecule has 1 saturated carbocycles. The zero-order chi connectivity index (χ0) is 14.8. The summed E-state index contributed by atoms with van der Waals surface area (Å²) in [5, 5.41) is 27.3. The summed E-state index contributed by atoms with van der Waals surface area (Å²) in [5.74, 6) is -0.943. The van der Waals surface area contributed by atoms with E-state index >= 15 is 0 Å². The topological polar surface area (TPSA) is 110 Å². The summed E-state index contributed by atoms with van der Waals surface area (Å²) in [6.07, 6.45) is 5.74. The first kappa shape index (κ1) is 14.3. The number of nitrogens with one attached hydrogen (secondary N) is 1. The fourth-order valence-corrected chi connectivity index (χ4v) is 2.65. The van der Waals surface area contributed by atoms with E-state index in [1.54, 1.807) is 7.05 Å². The van der Waals surface area contributed by atoms with Gasteiger partial charge in [0.15, 0.2) is 0 Å². The smallest absolute Gasteiger partial charge is 0.330 e. The first-order valence-electron chi connectivity index (χ1n) is 6.64. The average Bonchev–Trinajstić information content (AvgIpc) is 2.60. The Hall–Kier alpha value is -2.12. The van der Waals surface area contributed by atoms with Crippen molar-refractivity contribution in [2.75, 3.05) is 5.32 Å². The van der Waals surface area contributed by atoms with Crippen molar-refractivity contribution in [2.24, 2.45) is 7.05 Å². The number of carboxylic acid groups (broad SMARTS) is 1. The third-order valence-electron chi connectivity index (χ3n) is 3.73. The highest BCUT2D eigenvalue weighted by atomic mass is 16.6. The van der Waals surface area contributed by atoms with Crippen molar-refractivity contribution in [3.63, 3.8) is 0 Å². The second-order valence-corrected chi connectivity index (χ2v) is 5.22. The number of nitro groups is 1. The normalized spacial score (nSPS) is 18.2. The van der Waals surface area contributed by atoms with Crippen LogP contribution < -0.4 is 5.32 Å². The third kappa shape index (κ3) is 2.73. The van der Waals surface area contributed by atoms with Crippen molar-refractivity contribution in [1.82, 2.24) is 9.78 Å². The predicted octanol–water partition coefficient (Wildman–Crippen LogP) is 1.92. The second-order valence-electron chi connectivity index (χ2n) is 5.22. The van der Waals surface area contributed by atoms with Crippen LogP contribution in [0.2, 0.25) is 0 Å². The maximum atomic E-state index is 11.7. The molecular formula is C12H18N4O4. The minimum Gasteiger partial charge on any atom is -0.480 e. The molecule has 0 radical (unpaired) electrons. The van der Waals surface area contributed by atoms with Crippen LogP contribution >= 0.6 is 0 Å². The molecule has 0 bridgehead atoms. The number of hydrogen-bond donors (Lipinski definition) is 2. The van der Waals surface area contributed by atoms with Gasteiger partial charge in [-0.3, -0.25) is 14.8 Å². The van der Waals surface area contributed by atoms with Crippen LogP contribution in [0.3, 0.4) is 0 Å². The molecule has 0 atom stereocenters. The predicted molar refractivity (Wildman–Crippen MR) is 71.6 cm³/mol. The molecule has 0 aromatic carbocycles. The van der Waals surface area contributed by atoms with E-state index in [9.17, 15) is 20.0 Å². The first-order chi connectivity index (χ1) is 9.44. The molecule has 0 saturated heterocycles. The van der Waals surface area contributed by atoms with Gasteiger partial charge in [-0.25, -0.2) is 4.79 Å². The highest BCUT2D eigenvalue weighted by Crippen LogP contribution is 2.33. The van der Waals surface area contributed by atoms with Crippen molar-refractivity contribution >= 4 is 17.5 Å². The maximum absolute atomic E-state index is 11.7. The Kier molecular flexibility index (Phi) is 3.91. The molecule has 8 heteroatoms. The van der Waals surface area contributed by atoms with Gasteiger partial charge in [0.1, 0.15) is 11.7 Å². The zero-order valence-electron chi connectivity index (χ0n) is 11.3. The largest absolute Gasteiger partial charge is 0.480 e. The monoisotopic (exact) mass is 282 g/mol. The lowest BCUT2D eigenvalue weighted by molar-refractivity contribution is -0.384. The zero-order valence-corrected chi connectivity index (χ0v) is 11.3. The minimum absolute atomic E-state index is 0.0294. The molecule has 8 nitrogen and oxygen atoms in total. The number of aliphatic carboxylic acids is 1. The number of carbonyl (C=O) groups is 1. The van der Waals surface area contributed by atoms with Crippen molar-refractivity contribution in [2.45, 2.75) is 44.1 Å². The molecule has 0 unspecified atom stereocenters. The number of aromatic nitrogens is 2. The number of carboxylic acids is 1. The summed E-state index contributed by atoms with van der Waals surface area (Å²) < 4.78 is 1.31. The Labute approximate surface area is 115 Å². The lowest BCUT2D eigenvalue weighted by atomic mass is 9.90. The van der Waals surface area contributed by atoms with E-state index in [0.29, 0.717) is 12.8 Å². The molecule has 0 spiro atoms. The molecule has 2 rings (SSSR count). The van der Waals surface area contributed by atoms with Gasteiger partial charge >= 0.3 is 11.7 Å². The van der Waals surface area contributed by atoms with E-state index in [1.165, 1.54) is 10.9 Å². The summed E-state index contributed by atoms with van der Waals surface area (Å²) in [7, 11) is 1.57. The van der Waals surface area contributed by atoms with Gasteiger partial charge in [-0.05, 0) is 12.8 Å². The fraction of sp³-hybridized carbons (Fsp3) is 0.667. The van der Waals surface area contributed by atoms with Crippen molar-refractivity contribution in [3.05, 3.63) is 16.3 Å². The molecule has 0 aliphatic heterocycles. The van der Waals surface area contributed by atoms with Crippen LogP contribution in [-0.4, -0.2) is 31.3 Å². The second kappa shape index (κ2) is 5.48. The first-order valence-corrected chi connectivity index (χ1v) is 6.64. The number of nitrogens with zero attached hydrogens (tertiary/aromatic N) is 3. The minimum atomic E-state index is -1.16. The van der Waals surface area contributed by atoms with Crippen LogP contribution in [0.4, 0.5) is 11.5 Å². The average molecular weight is 282 g/mol. The van der Waals surface area contributed by atoms with E-state index in [0.717, 1.165) is 25.7 Å². The van der Waals surface area contributed by atoms with Gasteiger partial charge in [0.05, 0.1) is 4.92 Å². The Balaban J connectivity index is 2.33. The summed E-state index contributed by atoms with van der Waals surface area (Å²) in [6, 6.07) is 0. The fourth-order valence-electron chi connectivity index (χ4n) is 2.65. The van der Waals surface area contributed by atoms with Crippen LogP contribution in [0.25, 0.3) is 0 Å². The number of aryl methyl sites for hydroxylation is 1. The van der Waals surface area contributed by atoms with Crippen molar-refractivity contribution in [3.8, 4) is 0 Å². The van der Waals surface area contributed by atoms with Crippen molar-refractivity contribution < 1.29 is 14.8 Å².